The maximum absolute atomic E-state index is 12.4. The van der Waals surface area contributed by atoms with Gasteiger partial charge in [0.25, 0.3) is 0 Å². The molecular formula is C19H33NO. The predicted molar refractivity (Wildman–Crippen MR) is 87.2 cm³/mol. The van der Waals surface area contributed by atoms with Crippen molar-refractivity contribution in [1.29, 1.82) is 0 Å². The first-order valence-electron chi connectivity index (χ1n) is 9.42. The van der Waals surface area contributed by atoms with E-state index in [1.165, 1.54) is 45.1 Å². The third-order valence-electron chi connectivity index (χ3n) is 6.56. The fourth-order valence-electron chi connectivity index (χ4n) is 5.17. The van der Waals surface area contributed by atoms with Crippen LogP contribution >= 0.6 is 0 Å². The molecule has 2 saturated carbocycles. The Balaban J connectivity index is 1.62. The highest BCUT2D eigenvalue weighted by Gasteiger charge is 2.37. The summed E-state index contributed by atoms with van der Waals surface area (Å²) in [7, 11) is 0. The molecule has 0 aromatic rings. The molecule has 3 aliphatic rings. The minimum absolute atomic E-state index is 0.340. The summed E-state index contributed by atoms with van der Waals surface area (Å²) in [6, 6.07) is 0.805. The van der Waals surface area contributed by atoms with Gasteiger partial charge in [0.1, 0.15) is 5.78 Å². The summed E-state index contributed by atoms with van der Waals surface area (Å²) in [5, 5.41) is 0. The van der Waals surface area contributed by atoms with Crippen LogP contribution in [0.15, 0.2) is 0 Å². The summed E-state index contributed by atoms with van der Waals surface area (Å²) in [6.45, 7) is 6.98. The Labute approximate surface area is 130 Å². The molecule has 2 heteroatoms. The first-order chi connectivity index (χ1) is 10.1. The fraction of sp³-hybridized carbons (Fsp3) is 0.947. The molecule has 0 aromatic carbocycles. The number of nitrogens with zero attached hydrogens (tertiary/aromatic N) is 1. The molecule has 4 atom stereocenters. The van der Waals surface area contributed by atoms with Gasteiger partial charge in [0.05, 0.1) is 0 Å². The Hall–Kier alpha value is -0.370. The van der Waals surface area contributed by atoms with Crippen molar-refractivity contribution < 1.29 is 4.79 Å². The SMILES string of the molecule is CC(C)C1CCC(=O)C(CN2CCCC3CCCCC32)C1. The summed E-state index contributed by atoms with van der Waals surface area (Å²) >= 11 is 0. The average Bonchev–Trinajstić information content (AvgIpc) is 2.49. The van der Waals surface area contributed by atoms with Gasteiger partial charge in [-0.3, -0.25) is 9.69 Å². The number of Topliss-reactive ketones (excluding diaryl/α,β-unsaturated/α-hetero) is 1. The zero-order chi connectivity index (χ0) is 14.8. The lowest BCUT2D eigenvalue weighted by Gasteiger charge is -2.46. The Morgan fingerprint density at radius 3 is 2.67 bits per heavy atom. The number of rotatable bonds is 3. The van der Waals surface area contributed by atoms with Crippen molar-refractivity contribution in [2.75, 3.05) is 13.1 Å². The quantitative estimate of drug-likeness (QED) is 0.773. The van der Waals surface area contributed by atoms with E-state index in [1.54, 1.807) is 0 Å². The Bertz CT molecular complexity index is 363. The van der Waals surface area contributed by atoms with E-state index in [0.717, 1.165) is 49.6 Å². The van der Waals surface area contributed by atoms with Gasteiger partial charge in [0, 0.05) is 24.9 Å². The summed E-state index contributed by atoms with van der Waals surface area (Å²) < 4.78 is 0. The Kier molecular flexibility index (Phi) is 5.03. The number of hydrogen-bond donors (Lipinski definition) is 0. The first kappa shape index (κ1) is 15.5. The number of fused-ring (bicyclic) bond motifs is 1. The van der Waals surface area contributed by atoms with E-state index in [4.69, 9.17) is 0 Å². The number of piperidine rings is 1. The van der Waals surface area contributed by atoms with Crippen LogP contribution in [-0.4, -0.2) is 29.8 Å². The van der Waals surface area contributed by atoms with E-state index in [1.807, 2.05) is 0 Å². The monoisotopic (exact) mass is 291 g/mol. The zero-order valence-corrected chi connectivity index (χ0v) is 14.0. The van der Waals surface area contributed by atoms with Crippen LogP contribution in [0.4, 0.5) is 0 Å². The smallest absolute Gasteiger partial charge is 0.137 e. The van der Waals surface area contributed by atoms with Crippen molar-refractivity contribution in [2.45, 2.75) is 77.7 Å². The highest BCUT2D eigenvalue weighted by atomic mass is 16.1. The number of carbonyl (C=O) groups is 1. The van der Waals surface area contributed by atoms with Crippen LogP contribution in [0.1, 0.15) is 71.6 Å². The van der Waals surface area contributed by atoms with Gasteiger partial charge in [-0.05, 0) is 62.8 Å². The van der Waals surface area contributed by atoms with Crippen LogP contribution in [0.3, 0.4) is 0 Å². The van der Waals surface area contributed by atoms with Crippen LogP contribution < -0.4 is 0 Å². The number of hydrogen-bond acceptors (Lipinski definition) is 2. The molecule has 120 valence electrons. The summed E-state index contributed by atoms with van der Waals surface area (Å²) in [4.78, 5) is 15.1. The van der Waals surface area contributed by atoms with Gasteiger partial charge in [-0.2, -0.15) is 0 Å². The van der Waals surface area contributed by atoms with Crippen molar-refractivity contribution >= 4 is 5.78 Å². The van der Waals surface area contributed by atoms with Crippen molar-refractivity contribution in [2.24, 2.45) is 23.7 Å². The van der Waals surface area contributed by atoms with Crippen LogP contribution in [0.2, 0.25) is 0 Å². The van der Waals surface area contributed by atoms with Gasteiger partial charge in [-0.1, -0.05) is 26.7 Å². The summed E-state index contributed by atoms with van der Waals surface area (Å²) in [5.41, 5.74) is 0. The largest absolute Gasteiger partial charge is 0.299 e. The lowest BCUT2D eigenvalue weighted by molar-refractivity contribution is -0.127. The fourth-order valence-corrected chi connectivity index (χ4v) is 5.17. The predicted octanol–water partition coefficient (Wildman–Crippen LogP) is 4.28. The molecule has 1 heterocycles. The Morgan fingerprint density at radius 1 is 1.10 bits per heavy atom. The number of likely N-dealkylation sites (tertiary alicyclic amines) is 1. The number of ketones is 1. The van der Waals surface area contributed by atoms with Crippen molar-refractivity contribution in [1.82, 2.24) is 4.90 Å². The summed E-state index contributed by atoms with van der Waals surface area (Å²) in [5.74, 6) is 3.35. The maximum atomic E-state index is 12.4. The molecular weight excluding hydrogens is 258 g/mol. The summed E-state index contributed by atoms with van der Waals surface area (Å²) in [6.07, 6.45) is 11.6. The Morgan fingerprint density at radius 2 is 1.86 bits per heavy atom. The van der Waals surface area contributed by atoms with Gasteiger partial charge in [-0.25, -0.2) is 0 Å². The second-order valence-electron chi connectivity index (χ2n) is 8.19. The zero-order valence-electron chi connectivity index (χ0n) is 14.0. The van der Waals surface area contributed by atoms with Crippen molar-refractivity contribution in [3.8, 4) is 0 Å². The van der Waals surface area contributed by atoms with Gasteiger partial charge in [-0.15, -0.1) is 0 Å². The van der Waals surface area contributed by atoms with Crippen molar-refractivity contribution in [3.05, 3.63) is 0 Å². The normalized spacial score (nSPS) is 38.5. The second kappa shape index (κ2) is 6.81. The third-order valence-corrected chi connectivity index (χ3v) is 6.56. The molecule has 0 spiro atoms. The molecule has 2 aliphatic carbocycles. The molecule has 3 rings (SSSR count). The maximum Gasteiger partial charge on any atom is 0.137 e. The van der Waals surface area contributed by atoms with E-state index in [9.17, 15) is 4.79 Å². The molecule has 0 amide bonds. The van der Waals surface area contributed by atoms with E-state index < -0.39 is 0 Å². The third kappa shape index (κ3) is 3.52. The van der Waals surface area contributed by atoms with E-state index in [0.29, 0.717) is 11.7 Å². The molecule has 4 unspecified atom stereocenters. The van der Waals surface area contributed by atoms with Crippen LogP contribution in [0, 0.1) is 23.7 Å². The number of carbonyl (C=O) groups excluding carboxylic acids is 1. The van der Waals surface area contributed by atoms with E-state index in [2.05, 4.69) is 18.7 Å². The van der Waals surface area contributed by atoms with Crippen molar-refractivity contribution in [3.63, 3.8) is 0 Å². The molecule has 21 heavy (non-hydrogen) atoms. The lowest BCUT2D eigenvalue weighted by Crippen LogP contribution is -2.50. The van der Waals surface area contributed by atoms with E-state index >= 15 is 0 Å². The highest BCUT2D eigenvalue weighted by molar-refractivity contribution is 5.82. The minimum atomic E-state index is 0.340. The second-order valence-corrected chi connectivity index (χ2v) is 8.19. The van der Waals surface area contributed by atoms with E-state index in [-0.39, 0.29) is 0 Å². The molecule has 1 saturated heterocycles. The molecule has 2 nitrogen and oxygen atoms in total. The molecule has 0 aromatic heterocycles. The topological polar surface area (TPSA) is 20.3 Å². The average molecular weight is 291 g/mol. The molecule has 0 N–H and O–H groups in total. The molecule has 1 aliphatic heterocycles. The standard InChI is InChI=1S/C19H33NO/c1-14(2)16-9-10-19(21)17(12-16)13-20-11-5-7-15-6-3-4-8-18(15)20/h14-18H,3-13H2,1-2H3. The molecule has 0 radical (unpaired) electrons. The van der Waals surface area contributed by atoms with Crippen LogP contribution in [-0.2, 0) is 4.79 Å². The molecule has 3 fully saturated rings. The highest BCUT2D eigenvalue weighted by Crippen LogP contribution is 2.38. The first-order valence-corrected chi connectivity index (χ1v) is 9.42. The van der Waals surface area contributed by atoms with Gasteiger partial charge < -0.3 is 0 Å². The van der Waals surface area contributed by atoms with Crippen LogP contribution in [0.25, 0.3) is 0 Å². The van der Waals surface area contributed by atoms with Gasteiger partial charge >= 0.3 is 0 Å². The van der Waals surface area contributed by atoms with Gasteiger partial charge in [0.2, 0.25) is 0 Å². The van der Waals surface area contributed by atoms with Crippen LogP contribution in [0.5, 0.6) is 0 Å². The van der Waals surface area contributed by atoms with Gasteiger partial charge in [0.15, 0.2) is 0 Å². The lowest BCUT2D eigenvalue weighted by atomic mass is 9.74. The molecule has 0 bridgehead atoms. The minimum Gasteiger partial charge on any atom is -0.299 e.